The van der Waals surface area contributed by atoms with Crippen molar-refractivity contribution in [2.75, 3.05) is 52.8 Å². The quantitative estimate of drug-likeness (QED) is 0.473. The molecule has 162 valence electrons. The van der Waals surface area contributed by atoms with Gasteiger partial charge in [-0.15, -0.1) is 0 Å². The fourth-order valence-corrected chi connectivity index (χ4v) is 4.98. The van der Waals surface area contributed by atoms with Gasteiger partial charge in [-0.25, -0.2) is 0 Å². The van der Waals surface area contributed by atoms with E-state index in [0.717, 1.165) is 57.4 Å². The van der Waals surface area contributed by atoms with Crippen molar-refractivity contribution >= 4 is 17.7 Å². The maximum Gasteiger partial charge on any atom is 0.191 e. The molecule has 2 heterocycles. The highest BCUT2D eigenvalue weighted by atomic mass is 32.2. The molecular formula is C22H36N4O2S. The summed E-state index contributed by atoms with van der Waals surface area (Å²) in [7, 11) is 4.01. The van der Waals surface area contributed by atoms with Crippen molar-refractivity contribution in [2.24, 2.45) is 4.99 Å². The molecule has 2 aliphatic rings. The summed E-state index contributed by atoms with van der Waals surface area (Å²) in [5.74, 6) is 3.08. The monoisotopic (exact) mass is 420 g/mol. The van der Waals surface area contributed by atoms with Crippen molar-refractivity contribution in [1.82, 2.24) is 15.5 Å². The van der Waals surface area contributed by atoms with Gasteiger partial charge in [0.15, 0.2) is 5.96 Å². The summed E-state index contributed by atoms with van der Waals surface area (Å²) in [4.78, 5) is 6.73. The van der Waals surface area contributed by atoms with Crippen LogP contribution in [0.1, 0.15) is 31.2 Å². The minimum absolute atomic E-state index is 0.616. The third kappa shape index (κ3) is 7.72. The van der Waals surface area contributed by atoms with E-state index in [4.69, 9.17) is 9.47 Å². The third-order valence-corrected chi connectivity index (χ3v) is 7.03. The first kappa shape index (κ1) is 22.2. The number of hydrogen-bond acceptors (Lipinski definition) is 5. The van der Waals surface area contributed by atoms with E-state index in [2.05, 4.69) is 57.5 Å². The van der Waals surface area contributed by atoms with E-state index in [9.17, 15) is 0 Å². The zero-order valence-electron chi connectivity index (χ0n) is 17.9. The van der Waals surface area contributed by atoms with Gasteiger partial charge in [-0.3, -0.25) is 9.89 Å². The number of guanidine groups is 1. The number of hydrogen-bond donors (Lipinski definition) is 2. The number of aliphatic imine (C=N–C) groups is 1. The smallest absolute Gasteiger partial charge is 0.191 e. The number of rotatable bonds is 9. The van der Waals surface area contributed by atoms with Crippen LogP contribution in [0, 0.1) is 0 Å². The lowest BCUT2D eigenvalue weighted by Crippen LogP contribution is -2.39. The molecule has 0 saturated carbocycles. The van der Waals surface area contributed by atoms with E-state index in [1.807, 2.05) is 13.1 Å². The van der Waals surface area contributed by atoms with Gasteiger partial charge in [0.05, 0.1) is 0 Å². The van der Waals surface area contributed by atoms with Crippen LogP contribution < -0.4 is 15.4 Å². The highest BCUT2D eigenvalue weighted by molar-refractivity contribution is 8.00. The van der Waals surface area contributed by atoms with Crippen LogP contribution in [-0.4, -0.2) is 74.9 Å². The maximum atomic E-state index is 6.01. The Morgan fingerprint density at radius 1 is 1.28 bits per heavy atom. The minimum Gasteiger partial charge on any atom is -0.492 e. The molecule has 0 aromatic heterocycles. The first-order valence-electron chi connectivity index (χ1n) is 10.8. The molecule has 6 nitrogen and oxygen atoms in total. The topological polar surface area (TPSA) is 58.1 Å². The Labute approximate surface area is 179 Å². The van der Waals surface area contributed by atoms with Crippen molar-refractivity contribution in [1.29, 1.82) is 0 Å². The fourth-order valence-electron chi connectivity index (χ4n) is 3.78. The second-order valence-electron chi connectivity index (χ2n) is 7.76. The van der Waals surface area contributed by atoms with E-state index in [1.54, 1.807) is 0 Å². The Balaban J connectivity index is 1.37. The van der Waals surface area contributed by atoms with Gasteiger partial charge in [0, 0.05) is 51.2 Å². The van der Waals surface area contributed by atoms with Crippen LogP contribution in [0.25, 0.3) is 0 Å². The maximum absolute atomic E-state index is 6.01. The first-order valence-corrected chi connectivity index (χ1v) is 11.9. The van der Waals surface area contributed by atoms with E-state index in [1.165, 1.54) is 24.2 Å². The van der Waals surface area contributed by atoms with Gasteiger partial charge in [-0.2, -0.15) is 11.8 Å². The highest BCUT2D eigenvalue weighted by Crippen LogP contribution is 2.25. The van der Waals surface area contributed by atoms with Crippen molar-refractivity contribution in [3.8, 4) is 5.75 Å². The first-order chi connectivity index (χ1) is 14.2. The molecule has 29 heavy (non-hydrogen) atoms. The SMILES string of the molecule is CN=C(NCc1cccc(OCCN(C)C2CCOCC2)c1)NCC1CCCS1. The molecule has 2 N–H and O–H groups in total. The zero-order valence-corrected chi connectivity index (χ0v) is 18.7. The van der Waals surface area contributed by atoms with Crippen molar-refractivity contribution in [2.45, 2.75) is 43.5 Å². The van der Waals surface area contributed by atoms with Gasteiger partial charge >= 0.3 is 0 Å². The van der Waals surface area contributed by atoms with Crippen LogP contribution in [0.15, 0.2) is 29.3 Å². The third-order valence-electron chi connectivity index (χ3n) is 5.63. The van der Waals surface area contributed by atoms with Gasteiger partial charge in [-0.1, -0.05) is 12.1 Å². The Hall–Kier alpha value is -1.44. The second-order valence-corrected chi connectivity index (χ2v) is 9.17. The average molecular weight is 421 g/mol. The normalized spacial score (nSPS) is 20.8. The van der Waals surface area contributed by atoms with Crippen LogP contribution in [-0.2, 0) is 11.3 Å². The number of likely N-dealkylation sites (N-methyl/N-ethyl adjacent to an activating group) is 1. The summed E-state index contributed by atoms with van der Waals surface area (Å²) in [6.45, 7) is 5.10. The predicted octanol–water partition coefficient (Wildman–Crippen LogP) is 2.74. The molecule has 0 amide bonds. The molecule has 1 atom stereocenters. The number of thioether (sulfide) groups is 1. The molecule has 7 heteroatoms. The minimum atomic E-state index is 0.616. The lowest BCUT2D eigenvalue weighted by Gasteiger charge is -2.31. The van der Waals surface area contributed by atoms with Gasteiger partial charge < -0.3 is 20.1 Å². The molecule has 2 aliphatic heterocycles. The van der Waals surface area contributed by atoms with E-state index >= 15 is 0 Å². The number of nitrogens with zero attached hydrogens (tertiary/aromatic N) is 2. The number of ether oxygens (including phenoxy) is 2. The lowest BCUT2D eigenvalue weighted by molar-refractivity contribution is 0.0392. The van der Waals surface area contributed by atoms with E-state index in [-0.39, 0.29) is 0 Å². The lowest BCUT2D eigenvalue weighted by atomic mass is 10.1. The van der Waals surface area contributed by atoms with Crippen LogP contribution >= 0.6 is 11.8 Å². The molecule has 2 saturated heterocycles. The summed E-state index contributed by atoms with van der Waals surface area (Å²) < 4.78 is 11.5. The van der Waals surface area contributed by atoms with Gasteiger partial charge in [0.25, 0.3) is 0 Å². The Bertz CT molecular complexity index is 631. The van der Waals surface area contributed by atoms with Crippen LogP contribution in [0.5, 0.6) is 5.75 Å². The Morgan fingerprint density at radius 2 is 2.14 bits per heavy atom. The van der Waals surface area contributed by atoms with E-state index < -0.39 is 0 Å². The van der Waals surface area contributed by atoms with Gasteiger partial charge in [-0.05, 0) is 56.2 Å². The van der Waals surface area contributed by atoms with Crippen LogP contribution in [0.3, 0.4) is 0 Å². The van der Waals surface area contributed by atoms with Crippen LogP contribution in [0.2, 0.25) is 0 Å². The summed E-state index contributed by atoms with van der Waals surface area (Å²) in [5.41, 5.74) is 1.19. The highest BCUT2D eigenvalue weighted by Gasteiger charge is 2.18. The molecule has 1 aromatic carbocycles. The summed E-state index contributed by atoms with van der Waals surface area (Å²) in [6, 6.07) is 8.93. The average Bonchev–Trinajstić information content (AvgIpc) is 3.28. The molecule has 1 aromatic rings. The Morgan fingerprint density at radius 3 is 2.90 bits per heavy atom. The number of benzene rings is 1. The molecule has 0 bridgehead atoms. The molecule has 2 fully saturated rings. The Kier molecular flexibility index (Phi) is 9.44. The predicted molar refractivity (Wildman–Crippen MR) is 122 cm³/mol. The molecule has 0 radical (unpaired) electrons. The zero-order chi connectivity index (χ0) is 20.3. The summed E-state index contributed by atoms with van der Waals surface area (Å²) >= 11 is 2.06. The fraction of sp³-hybridized carbons (Fsp3) is 0.682. The molecular weight excluding hydrogens is 384 g/mol. The molecule has 0 spiro atoms. The van der Waals surface area contributed by atoms with Gasteiger partial charge in [0.1, 0.15) is 12.4 Å². The summed E-state index contributed by atoms with van der Waals surface area (Å²) in [5, 5.41) is 7.57. The van der Waals surface area contributed by atoms with Crippen LogP contribution in [0.4, 0.5) is 0 Å². The summed E-state index contributed by atoms with van der Waals surface area (Å²) in [6.07, 6.45) is 4.87. The molecule has 1 unspecified atom stereocenters. The van der Waals surface area contributed by atoms with Gasteiger partial charge in [0.2, 0.25) is 0 Å². The number of nitrogens with one attached hydrogen (secondary N) is 2. The standard InChI is InChI=1S/C22H36N4O2S/c1-23-22(25-17-21-7-4-14-29-21)24-16-18-5-3-6-20(15-18)28-13-10-26(2)19-8-11-27-12-9-19/h3,5-6,15,19,21H,4,7-14,16-17H2,1-2H3,(H2,23,24,25). The van der Waals surface area contributed by atoms with Crippen molar-refractivity contribution in [3.05, 3.63) is 29.8 Å². The molecule has 0 aliphatic carbocycles. The molecule has 3 rings (SSSR count). The van der Waals surface area contributed by atoms with E-state index in [0.29, 0.717) is 17.9 Å². The largest absolute Gasteiger partial charge is 0.492 e. The van der Waals surface area contributed by atoms with Crippen molar-refractivity contribution < 1.29 is 9.47 Å². The second kappa shape index (κ2) is 12.3. The van der Waals surface area contributed by atoms with Crippen molar-refractivity contribution in [3.63, 3.8) is 0 Å².